The van der Waals surface area contributed by atoms with Crippen molar-refractivity contribution in [1.82, 2.24) is 19.1 Å². The number of aryl methyl sites for hydroxylation is 1. The van der Waals surface area contributed by atoms with Crippen LogP contribution in [0.2, 0.25) is 0 Å². The Bertz CT molecular complexity index is 3320. The van der Waals surface area contributed by atoms with Gasteiger partial charge in [-0.05, 0) is 92.1 Å². The van der Waals surface area contributed by atoms with Crippen LogP contribution in [0, 0.1) is 6.92 Å². The zero-order chi connectivity index (χ0) is 38.5. The maximum Gasteiger partial charge on any atom is 0.235 e. The average molecular weight is 734 g/mol. The fourth-order valence-electron chi connectivity index (χ4n) is 8.27. The Kier molecular flexibility index (Phi) is 8.41. The Labute approximate surface area is 330 Å². The van der Waals surface area contributed by atoms with Gasteiger partial charge in [-0.2, -0.15) is 0 Å². The van der Waals surface area contributed by atoms with Crippen molar-refractivity contribution in [1.29, 1.82) is 0 Å². The van der Waals surface area contributed by atoms with Crippen molar-refractivity contribution in [2.45, 2.75) is 20.8 Å². The van der Waals surface area contributed by atoms with Gasteiger partial charge < -0.3 is 4.57 Å². The molecule has 272 valence electrons. The summed E-state index contributed by atoms with van der Waals surface area (Å²) in [5, 5.41) is 6.72. The lowest BCUT2D eigenvalue weighted by atomic mass is 10.0. The topological polar surface area (TPSA) is 48.0 Å². The molecule has 0 spiro atoms. The molecule has 0 aliphatic rings. The lowest BCUT2D eigenvalue weighted by molar-refractivity contribution is 0.951. The lowest BCUT2D eigenvalue weighted by Crippen LogP contribution is -2.30. The van der Waals surface area contributed by atoms with Crippen LogP contribution in [0.5, 0.6) is 0 Å². The molecule has 0 amide bonds. The van der Waals surface area contributed by atoms with Crippen molar-refractivity contribution in [2.75, 3.05) is 0 Å². The largest absolute Gasteiger partial charge is 0.309 e. The first-order chi connectivity index (χ1) is 28.1. The van der Waals surface area contributed by atoms with E-state index in [-0.39, 0.29) is 0 Å². The van der Waals surface area contributed by atoms with Crippen LogP contribution < -0.4 is 10.6 Å². The molecule has 5 nitrogen and oxygen atoms in total. The van der Waals surface area contributed by atoms with Gasteiger partial charge in [-0.1, -0.05) is 127 Å². The SMILES string of the molecule is C\C=c1/c(=C\C(C)=N\c2cc(-c3ccc4c(c3)c3ccccc3n4-c3ccccc3)ccc2C)c2ccccc2n1-c1nc(-c2ccccc2)c2ccccc2n1. The molecule has 5 heteroatoms. The Hall–Kier alpha value is -7.37. The molecule has 0 aliphatic heterocycles. The maximum absolute atomic E-state index is 5.26. The van der Waals surface area contributed by atoms with E-state index in [1.165, 1.54) is 21.8 Å². The standard InChI is InChI=1S/C52H39N5/c1-4-47-43(40-21-13-16-26-49(40)57(47)52-54-45-24-14-11-23-42(45)51(55-52)36-17-7-5-8-18-36)31-35(3)53-46-33-38(28-27-34(46)2)37-29-30-50-44(32-37)41-22-12-15-25-48(41)56(50)39-19-9-6-10-20-39/h4-33H,1-3H3/b43-31-,47-4+,53-35+. The van der Waals surface area contributed by atoms with Gasteiger partial charge in [0.15, 0.2) is 0 Å². The smallest absolute Gasteiger partial charge is 0.235 e. The third-order valence-electron chi connectivity index (χ3n) is 10.9. The van der Waals surface area contributed by atoms with Crippen LogP contribution in [0.3, 0.4) is 0 Å². The monoisotopic (exact) mass is 733 g/mol. The van der Waals surface area contributed by atoms with E-state index in [9.17, 15) is 0 Å². The Morgan fingerprint density at radius 3 is 1.93 bits per heavy atom. The summed E-state index contributed by atoms with van der Waals surface area (Å²) in [6, 6.07) is 59.8. The lowest BCUT2D eigenvalue weighted by Gasteiger charge is -2.11. The summed E-state index contributed by atoms with van der Waals surface area (Å²) in [7, 11) is 0. The number of hydrogen-bond donors (Lipinski definition) is 0. The Morgan fingerprint density at radius 2 is 1.16 bits per heavy atom. The van der Waals surface area contributed by atoms with E-state index < -0.39 is 0 Å². The normalized spacial score (nSPS) is 12.8. The molecule has 3 aromatic heterocycles. The fraction of sp³-hybridized carbons (Fsp3) is 0.0577. The molecule has 0 aliphatic carbocycles. The first-order valence-electron chi connectivity index (χ1n) is 19.4. The first kappa shape index (κ1) is 34.1. The van der Waals surface area contributed by atoms with Crippen molar-refractivity contribution in [3.05, 3.63) is 186 Å². The Balaban J connectivity index is 1.09. The molecule has 10 rings (SSSR count). The van der Waals surface area contributed by atoms with Gasteiger partial charge in [0.25, 0.3) is 0 Å². The number of hydrogen-bond acceptors (Lipinski definition) is 3. The van der Waals surface area contributed by atoms with E-state index in [0.29, 0.717) is 5.95 Å². The summed E-state index contributed by atoms with van der Waals surface area (Å²) in [5.74, 6) is 0.637. The van der Waals surface area contributed by atoms with Crippen molar-refractivity contribution >= 4 is 67.2 Å². The van der Waals surface area contributed by atoms with Crippen molar-refractivity contribution < 1.29 is 0 Å². The van der Waals surface area contributed by atoms with Crippen LogP contribution in [-0.2, 0) is 0 Å². The van der Waals surface area contributed by atoms with E-state index in [2.05, 4.69) is 194 Å². The van der Waals surface area contributed by atoms with E-state index in [0.717, 1.165) is 77.4 Å². The van der Waals surface area contributed by atoms with Crippen molar-refractivity contribution in [2.24, 2.45) is 4.99 Å². The highest BCUT2D eigenvalue weighted by molar-refractivity contribution is 6.12. The predicted molar refractivity (Wildman–Crippen MR) is 239 cm³/mol. The van der Waals surface area contributed by atoms with Gasteiger partial charge in [0.1, 0.15) is 0 Å². The van der Waals surface area contributed by atoms with Gasteiger partial charge >= 0.3 is 0 Å². The van der Waals surface area contributed by atoms with Crippen LogP contribution in [-0.4, -0.2) is 24.8 Å². The quantitative estimate of drug-likeness (QED) is 0.160. The second kappa shape index (κ2) is 14.0. The van der Waals surface area contributed by atoms with E-state index in [4.69, 9.17) is 15.0 Å². The van der Waals surface area contributed by atoms with Crippen LogP contribution in [0.4, 0.5) is 5.69 Å². The van der Waals surface area contributed by atoms with Gasteiger partial charge in [0.05, 0.1) is 38.8 Å². The first-order valence-corrected chi connectivity index (χ1v) is 19.4. The third-order valence-corrected chi connectivity index (χ3v) is 10.9. The van der Waals surface area contributed by atoms with Gasteiger partial charge in [0, 0.05) is 43.7 Å². The summed E-state index contributed by atoms with van der Waals surface area (Å²) in [6.45, 7) is 6.29. The molecular formula is C52H39N5. The van der Waals surface area contributed by atoms with Gasteiger partial charge in [0.2, 0.25) is 5.95 Å². The zero-order valence-corrected chi connectivity index (χ0v) is 32.1. The third kappa shape index (κ3) is 5.92. The molecule has 3 heterocycles. The van der Waals surface area contributed by atoms with E-state index >= 15 is 0 Å². The molecule has 0 atom stereocenters. The van der Waals surface area contributed by atoms with Gasteiger partial charge in [-0.3, -0.25) is 9.56 Å². The van der Waals surface area contributed by atoms with E-state index in [1.54, 1.807) is 0 Å². The average Bonchev–Trinajstić information content (AvgIpc) is 3.76. The van der Waals surface area contributed by atoms with Crippen molar-refractivity contribution in [3.63, 3.8) is 0 Å². The summed E-state index contributed by atoms with van der Waals surface area (Å²) in [6.07, 6.45) is 4.35. The summed E-state index contributed by atoms with van der Waals surface area (Å²) in [5.41, 5.74) is 12.7. The number of aliphatic imine (C=N–C) groups is 1. The maximum atomic E-state index is 5.26. The number of fused-ring (bicyclic) bond motifs is 5. The minimum Gasteiger partial charge on any atom is -0.309 e. The molecular weight excluding hydrogens is 695 g/mol. The summed E-state index contributed by atoms with van der Waals surface area (Å²) in [4.78, 5) is 15.6. The van der Waals surface area contributed by atoms with Crippen LogP contribution >= 0.6 is 0 Å². The zero-order valence-electron chi connectivity index (χ0n) is 32.1. The Morgan fingerprint density at radius 1 is 0.544 bits per heavy atom. The predicted octanol–water partition coefficient (Wildman–Crippen LogP) is 11.7. The molecule has 57 heavy (non-hydrogen) atoms. The molecule has 0 unspecified atom stereocenters. The molecule has 10 aromatic rings. The number of nitrogens with zero attached hydrogens (tertiary/aromatic N) is 5. The number of rotatable bonds is 6. The minimum atomic E-state index is 0.637. The van der Waals surface area contributed by atoms with Gasteiger partial charge in [-0.25, -0.2) is 9.97 Å². The highest BCUT2D eigenvalue weighted by Crippen LogP contribution is 2.36. The highest BCUT2D eigenvalue weighted by atomic mass is 15.2. The molecule has 0 fully saturated rings. The molecule has 0 saturated carbocycles. The molecule has 7 aromatic carbocycles. The second-order valence-corrected chi connectivity index (χ2v) is 14.5. The summed E-state index contributed by atoms with van der Waals surface area (Å²) < 4.78 is 4.54. The number of para-hydroxylation sites is 4. The van der Waals surface area contributed by atoms with Crippen molar-refractivity contribution in [3.8, 4) is 34.0 Å². The molecule has 0 N–H and O–H groups in total. The van der Waals surface area contributed by atoms with Crippen LogP contribution in [0.1, 0.15) is 19.4 Å². The highest BCUT2D eigenvalue weighted by Gasteiger charge is 2.17. The number of aromatic nitrogens is 4. The van der Waals surface area contributed by atoms with Gasteiger partial charge in [-0.15, -0.1) is 0 Å². The second-order valence-electron chi connectivity index (χ2n) is 14.5. The van der Waals surface area contributed by atoms with E-state index in [1.807, 2.05) is 18.2 Å². The molecule has 0 radical (unpaired) electrons. The minimum absolute atomic E-state index is 0.637. The fourth-order valence-corrected chi connectivity index (χ4v) is 8.27. The molecule has 0 bridgehead atoms. The number of benzene rings is 7. The van der Waals surface area contributed by atoms with Crippen LogP contribution in [0.25, 0.3) is 89.8 Å². The van der Waals surface area contributed by atoms with Crippen LogP contribution in [0.15, 0.2) is 175 Å². The molecule has 0 saturated heterocycles. The summed E-state index contributed by atoms with van der Waals surface area (Å²) >= 11 is 0.